The molecule has 8 heteroatoms. The van der Waals surface area contributed by atoms with Gasteiger partial charge in [0.1, 0.15) is 15.3 Å². The van der Waals surface area contributed by atoms with Crippen molar-refractivity contribution in [1.29, 1.82) is 0 Å². The molecule has 0 bridgehead atoms. The number of hydrogen-bond donors (Lipinski definition) is 0. The second-order valence-corrected chi connectivity index (χ2v) is 7.20. The summed E-state index contributed by atoms with van der Waals surface area (Å²) in [6, 6.07) is 0. The van der Waals surface area contributed by atoms with Crippen LogP contribution in [0.5, 0.6) is 0 Å². The van der Waals surface area contributed by atoms with Crippen molar-refractivity contribution in [2.24, 2.45) is 10.2 Å². The summed E-state index contributed by atoms with van der Waals surface area (Å²) in [6.45, 7) is 1.68. The maximum Gasteiger partial charge on any atom is 0.241 e. The lowest BCUT2D eigenvalue weighted by Gasteiger charge is -2.09. The minimum Gasteiger partial charge on any atom is -0.205 e. The van der Waals surface area contributed by atoms with E-state index in [0.717, 1.165) is 0 Å². The van der Waals surface area contributed by atoms with Crippen LogP contribution in [-0.4, -0.2) is 18.1 Å². The summed E-state index contributed by atoms with van der Waals surface area (Å²) in [5, 5.41) is 8.13. The molecule has 1 aliphatic rings. The fourth-order valence-electron chi connectivity index (χ4n) is 0.573. The zero-order valence-electron chi connectivity index (χ0n) is 5.75. The lowest BCUT2D eigenvalue weighted by atomic mass is 10.8. The van der Waals surface area contributed by atoms with Crippen molar-refractivity contribution in [3.63, 3.8) is 0 Å². The van der Waals surface area contributed by atoms with Gasteiger partial charge in [-0.05, 0) is 6.92 Å². The molecule has 12 heavy (non-hydrogen) atoms. The van der Waals surface area contributed by atoms with Crippen LogP contribution in [0.4, 0.5) is 0 Å². The molecule has 0 amide bonds. The SMILES string of the molecule is CC1=NN=C(C(Cl)(Cl)Cl)S1=S=O. The molecule has 0 aliphatic carbocycles. The molecule has 0 saturated carbocycles. The van der Waals surface area contributed by atoms with E-state index in [2.05, 4.69) is 10.2 Å². The number of halogens is 3. The third kappa shape index (κ3) is 2.09. The Morgan fingerprint density at radius 3 is 2.33 bits per heavy atom. The molecule has 0 aromatic rings. The number of rotatable bonds is 0. The molecule has 0 aromatic heterocycles. The summed E-state index contributed by atoms with van der Waals surface area (Å²) in [4.78, 5) is 0. The van der Waals surface area contributed by atoms with Crippen molar-refractivity contribution in [3.05, 3.63) is 0 Å². The lowest BCUT2D eigenvalue weighted by molar-refractivity contribution is 0.701. The van der Waals surface area contributed by atoms with E-state index in [0.29, 0.717) is 15.3 Å². The van der Waals surface area contributed by atoms with Gasteiger partial charge in [0.15, 0.2) is 5.04 Å². The quantitative estimate of drug-likeness (QED) is 0.616. The molecule has 3 nitrogen and oxygen atoms in total. The van der Waals surface area contributed by atoms with Gasteiger partial charge in [0, 0.05) is 9.45 Å². The zero-order chi connectivity index (χ0) is 9.35. The highest BCUT2D eigenvalue weighted by Crippen LogP contribution is 2.31. The van der Waals surface area contributed by atoms with Crippen LogP contribution in [0.1, 0.15) is 6.92 Å². The van der Waals surface area contributed by atoms with Crippen LogP contribution in [0.2, 0.25) is 0 Å². The molecular formula is C4H3Cl3N2OS2. The normalized spacial score (nSPS) is 23.5. The molecule has 1 aliphatic heterocycles. The maximum absolute atomic E-state index is 10.6. The number of nitrogens with zero attached hydrogens (tertiary/aromatic N) is 2. The Bertz CT molecular complexity index is 326. The van der Waals surface area contributed by atoms with Crippen molar-refractivity contribution in [1.82, 2.24) is 0 Å². The Kier molecular flexibility index (Phi) is 3.34. The maximum atomic E-state index is 10.6. The summed E-state index contributed by atoms with van der Waals surface area (Å²) in [6.07, 6.45) is 0. The average molecular weight is 266 g/mol. The molecule has 1 unspecified atom stereocenters. The molecule has 68 valence electrons. The second-order valence-electron chi connectivity index (χ2n) is 1.86. The summed E-state index contributed by atoms with van der Waals surface area (Å²) in [7, 11) is -0.483. The first-order chi connectivity index (χ1) is 5.46. The van der Waals surface area contributed by atoms with E-state index in [1.54, 1.807) is 6.92 Å². The van der Waals surface area contributed by atoms with Crippen LogP contribution in [0, 0.1) is 0 Å². The Balaban J connectivity index is 3.10. The minimum absolute atomic E-state index is 0.213. The predicted octanol–water partition coefficient (Wildman–Crippen LogP) is 1.85. The lowest BCUT2D eigenvalue weighted by Crippen LogP contribution is -2.23. The van der Waals surface area contributed by atoms with E-state index < -0.39 is 13.2 Å². The highest BCUT2D eigenvalue weighted by Gasteiger charge is 2.35. The van der Waals surface area contributed by atoms with Crippen molar-refractivity contribution in [3.8, 4) is 0 Å². The smallest absolute Gasteiger partial charge is 0.205 e. The van der Waals surface area contributed by atoms with E-state index >= 15 is 0 Å². The van der Waals surface area contributed by atoms with E-state index in [1.807, 2.05) is 0 Å². The monoisotopic (exact) mass is 264 g/mol. The van der Waals surface area contributed by atoms with Crippen LogP contribution < -0.4 is 0 Å². The molecule has 1 rings (SSSR count). The third-order valence-corrected chi connectivity index (χ3v) is 5.01. The van der Waals surface area contributed by atoms with Crippen molar-refractivity contribution >= 4 is 64.6 Å². The molecule has 0 spiro atoms. The van der Waals surface area contributed by atoms with Gasteiger partial charge in [-0.1, -0.05) is 34.8 Å². The fourth-order valence-corrected chi connectivity index (χ4v) is 3.74. The summed E-state index contributed by atoms with van der Waals surface area (Å²) in [5.74, 6) is 0. The summed E-state index contributed by atoms with van der Waals surface area (Å²) < 4.78 is 8.97. The Morgan fingerprint density at radius 2 is 2.00 bits per heavy atom. The first kappa shape index (κ1) is 10.7. The van der Waals surface area contributed by atoms with E-state index in [4.69, 9.17) is 34.8 Å². The standard InChI is InChI=1S/C4H3Cl3N2OS2/c1-2-8-9-3(4(5,6)7)12(2)11-10/h1H3. The van der Waals surface area contributed by atoms with Gasteiger partial charge in [-0.3, -0.25) is 0 Å². The Labute approximate surface area is 89.5 Å². The molecule has 0 N–H and O–H groups in total. The third-order valence-electron chi connectivity index (χ3n) is 1.04. The van der Waals surface area contributed by atoms with Crippen LogP contribution in [0.15, 0.2) is 10.2 Å². The summed E-state index contributed by atoms with van der Waals surface area (Å²) in [5.41, 5.74) is 0. The van der Waals surface area contributed by atoms with Gasteiger partial charge in [-0.2, -0.15) is 0 Å². The van der Waals surface area contributed by atoms with Gasteiger partial charge in [0.05, 0.1) is 0 Å². The van der Waals surface area contributed by atoms with Crippen molar-refractivity contribution < 1.29 is 4.21 Å². The Morgan fingerprint density at radius 1 is 1.42 bits per heavy atom. The van der Waals surface area contributed by atoms with Crippen molar-refractivity contribution in [2.75, 3.05) is 0 Å². The molecule has 0 radical (unpaired) electrons. The van der Waals surface area contributed by atoms with Gasteiger partial charge in [-0.25, -0.2) is 4.21 Å². The first-order valence-corrected chi connectivity index (χ1v) is 6.32. The highest BCUT2D eigenvalue weighted by atomic mass is 35.6. The molecule has 0 saturated heterocycles. The van der Waals surface area contributed by atoms with Crippen molar-refractivity contribution in [2.45, 2.75) is 10.7 Å². The van der Waals surface area contributed by atoms with E-state index in [1.165, 1.54) is 0 Å². The van der Waals surface area contributed by atoms with Crippen LogP contribution in [0.25, 0.3) is 0 Å². The molecule has 0 fully saturated rings. The van der Waals surface area contributed by atoms with Gasteiger partial charge >= 0.3 is 0 Å². The molecule has 1 atom stereocenters. The minimum atomic E-state index is -1.62. The largest absolute Gasteiger partial charge is 0.241 e. The fraction of sp³-hybridized carbons (Fsp3) is 0.500. The van der Waals surface area contributed by atoms with Crippen LogP contribution in [-0.2, 0) is 19.7 Å². The topological polar surface area (TPSA) is 41.8 Å². The van der Waals surface area contributed by atoms with E-state index in [9.17, 15) is 4.21 Å². The van der Waals surface area contributed by atoms with E-state index in [-0.39, 0.29) is 5.04 Å². The number of alkyl halides is 3. The Hall–Kier alpha value is 0.580. The molecular weight excluding hydrogens is 263 g/mol. The predicted molar refractivity (Wildman–Crippen MR) is 56.3 cm³/mol. The second kappa shape index (κ2) is 3.75. The van der Waals surface area contributed by atoms with Gasteiger partial charge in [0.2, 0.25) is 3.79 Å². The highest BCUT2D eigenvalue weighted by molar-refractivity contribution is 8.48. The molecule has 0 aromatic carbocycles. The zero-order valence-corrected chi connectivity index (χ0v) is 9.65. The van der Waals surface area contributed by atoms with Gasteiger partial charge in [-0.15, -0.1) is 10.2 Å². The van der Waals surface area contributed by atoms with Crippen LogP contribution in [0.3, 0.4) is 0 Å². The molecule has 1 heterocycles. The number of hydrogen-bond acceptors (Lipinski definition) is 3. The first-order valence-electron chi connectivity index (χ1n) is 2.71. The van der Waals surface area contributed by atoms with Gasteiger partial charge < -0.3 is 0 Å². The average Bonchev–Trinajstić information content (AvgIpc) is 2.29. The van der Waals surface area contributed by atoms with Gasteiger partial charge in [0.25, 0.3) is 0 Å². The summed E-state index contributed by atoms with van der Waals surface area (Å²) >= 11 is 16.7. The van der Waals surface area contributed by atoms with Crippen LogP contribution >= 0.6 is 34.8 Å².